The monoisotopic (exact) mass is 454 g/mol. The summed E-state index contributed by atoms with van der Waals surface area (Å²) in [5, 5.41) is 0. The van der Waals surface area contributed by atoms with Crippen LogP contribution in [0.25, 0.3) is 11.0 Å². The lowest BCUT2D eigenvalue weighted by molar-refractivity contribution is 0.140. The van der Waals surface area contributed by atoms with Crippen molar-refractivity contribution in [2.45, 2.75) is 62.8 Å². The molecule has 1 fully saturated rings. The van der Waals surface area contributed by atoms with Crippen LogP contribution < -0.4 is 5.69 Å². The topological polar surface area (TPSA) is 67.5 Å². The Labute approximate surface area is 188 Å². The van der Waals surface area contributed by atoms with E-state index in [9.17, 15) is 13.2 Å². The highest BCUT2D eigenvalue weighted by Gasteiger charge is 2.38. The average Bonchev–Trinajstić information content (AvgIpc) is 3.48. The molecule has 8 heteroatoms. The molecule has 1 unspecified atom stereocenters. The maximum absolute atomic E-state index is 13.4. The summed E-state index contributed by atoms with van der Waals surface area (Å²) in [5.74, 6) is 0. The molecule has 0 saturated heterocycles. The van der Waals surface area contributed by atoms with E-state index < -0.39 is 10.0 Å². The van der Waals surface area contributed by atoms with Crippen LogP contribution in [0.1, 0.15) is 43.4 Å². The number of fused-ring (bicyclic) bond motifs is 2. The smallest absolute Gasteiger partial charge is 0.292 e. The van der Waals surface area contributed by atoms with Crippen molar-refractivity contribution in [3.8, 4) is 0 Å². The molecule has 0 radical (unpaired) electrons. The van der Waals surface area contributed by atoms with E-state index in [1.54, 1.807) is 27.3 Å². The zero-order valence-corrected chi connectivity index (χ0v) is 19.7. The first-order chi connectivity index (χ1) is 15.3. The van der Waals surface area contributed by atoms with Crippen LogP contribution in [0.15, 0.2) is 52.2 Å². The molecule has 1 saturated carbocycles. The first-order valence-electron chi connectivity index (χ1n) is 11.3. The van der Waals surface area contributed by atoms with Gasteiger partial charge in [-0.2, -0.15) is 0 Å². The van der Waals surface area contributed by atoms with E-state index in [-0.39, 0.29) is 10.6 Å². The van der Waals surface area contributed by atoms with Crippen LogP contribution in [-0.2, 0) is 29.7 Å². The van der Waals surface area contributed by atoms with Crippen LogP contribution in [0.3, 0.4) is 0 Å². The number of aryl methyl sites for hydroxylation is 2. The Morgan fingerprint density at radius 3 is 2.44 bits per heavy atom. The highest BCUT2D eigenvalue weighted by atomic mass is 32.2. The molecule has 1 atom stereocenters. The summed E-state index contributed by atoms with van der Waals surface area (Å²) in [6, 6.07) is 14.4. The Hall–Kier alpha value is -2.42. The molecular formula is C24H30N4O3S. The molecule has 170 valence electrons. The minimum Gasteiger partial charge on any atom is -0.292 e. The average molecular weight is 455 g/mol. The zero-order chi connectivity index (χ0) is 22.6. The van der Waals surface area contributed by atoms with Crippen LogP contribution in [0.5, 0.6) is 0 Å². The van der Waals surface area contributed by atoms with E-state index in [1.807, 2.05) is 6.92 Å². The first-order valence-corrected chi connectivity index (χ1v) is 12.8. The van der Waals surface area contributed by atoms with Crippen molar-refractivity contribution in [1.82, 2.24) is 18.3 Å². The van der Waals surface area contributed by atoms with Crippen molar-refractivity contribution >= 4 is 21.1 Å². The second-order valence-corrected chi connectivity index (χ2v) is 11.2. The molecule has 2 aromatic carbocycles. The molecule has 0 bridgehead atoms. The molecule has 2 aliphatic carbocycles. The van der Waals surface area contributed by atoms with E-state index in [0.717, 1.165) is 31.2 Å². The van der Waals surface area contributed by atoms with Gasteiger partial charge in [0.2, 0.25) is 10.0 Å². The molecule has 3 aromatic rings. The van der Waals surface area contributed by atoms with Crippen LogP contribution in [0.2, 0.25) is 0 Å². The van der Waals surface area contributed by atoms with Gasteiger partial charge in [-0.3, -0.25) is 14.0 Å². The Morgan fingerprint density at radius 2 is 1.75 bits per heavy atom. The largest absolute Gasteiger partial charge is 0.330 e. The number of hydrogen-bond donors (Lipinski definition) is 0. The van der Waals surface area contributed by atoms with Crippen molar-refractivity contribution < 1.29 is 8.42 Å². The molecule has 7 nitrogen and oxygen atoms in total. The summed E-state index contributed by atoms with van der Waals surface area (Å²) < 4.78 is 30.2. The minimum absolute atomic E-state index is 0.0844. The highest BCUT2D eigenvalue weighted by molar-refractivity contribution is 7.89. The fraction of sp³-hybridized carbons (Fsp3) is 0.458. The third-order valence-corrected chi connectivity index (χ3v) is 8.72. The number of nitrogens with zero attached hydrogens (tertiary/aromatic N) is 4. The summed E-state index contributed by atoms with van der Waals surface area (Å²) in [7, 11) is -0.540. The van der Waals surface area contributed by atoms with Gasteiger partial charge in [-0.1, -0.05) is 24.3 Å². The fourth-order valence-corrected chi connectivity index (χ4v) is 5.95. The van der Waals surface area contributed by atoms with E-state index in [4.69, 9.17) is 0 Å². The van der Waals surface area contributed by atoms with Gasteiger partial charge in [0, 0.05) is 32.7 Å². The van der Waals surface area contributed by atoms with Gasteiger partial charge in [-0.15, -0.1) is 0 Å². The van der Waals surface area contributed by atoms with Gasteiger partial charge < -0.3 is 0 Å². The van der Waals surface area contributed by atoms with Gasteiger partial charge in [0.15, 0.2) is 0 Å². The predicted molar refractivity (Wildman–Crippen MR) is 125 cm³/mol. The molecule has 0 amide bonds. The Balaban J connectivity index is 1.61. The summed E-state index contributed by atoms with van der Waals surface area (Å²) in [6.45, 7) is 2.96. The SMILES string of the molecule is CCn1c(=O)n(CN(C2CC2)C2CCc3ccccc32)c2cc(S(=O)(=O)N(C)C)ccc21. The van der Waals surface area contributed by atoms with Crippen LogP contribution in [-0.4, -0.2) is 46.9 Å². The number of hydrogen-bond acceptors (Lipinski definition) is 4. The molecule has 0 N–H and O–H groups in total. The zero-order valence-electron chi connectivity index (χ0n) is 18.9. The van der Waals surface area contributed by atoms with Gasteiger partial charge in [-0.05, 0) is 61.9 Å². The van der Waals surface area contributed by atoms with Gasteiger partial charge in [0.05, 0.1) is 22.6 Å². The molecule has 2 aliphatic rings. The number of imidazole rings is 1. The summed E-state index contributed by atoms with van der Waals surface area (Å²) in [5.41, 5.74) is 4.13. The quantitative estimate of drug-likeness (QED) is 0.550. The number of sulfonamides is 1. The standard InChI is InChI=1S/C24H30N4O3S/c1-4-26-22-14-12-19(32(30,31)25(2)3)15-23(22)28(24(26)29)16-27(18-10-11-18)21-13-9-17-7-5-6-8-20(17)21/h5-8,12,14-15,18,21H,4,9-11,13,16H2,1-3H3. The second-order valence-electron chi connectivity index (χ2n) is 9.03. The summed E-state index contributed by atoms with van der Waals surface area (Å²) >= 11 is 0. The normalized spacial score (nSPS) is 18.7. The van der Waals surface area contributed by atoms with E-state index >= 15 is 0 Å². The molecular weight excluding hydrogens is 424 g/mol. The van der Waals surface area contributed by atoms with Crippen LogP contribution in [0, 0.1) is 0 Å². The molecule has 32 heavy (non-hydrogen) atoms. The van der Waals surface area contributed by atoms with Crippen molar-refractivity contribution in [2.75, 3.05) is 14.1 Å². The maximum Gasteiger partial charge on any atom is 0.330 e. The van der Waals surface area contributed by atoms with Crippen molar-refractivity contribution in [1.29, 1.82) is 0 Å². The molecule has 1 heterocycles. The molecule has 1 aromatic heterocycles. The lowest BCUT2D eigenvalue weighted by Crippen LogP contribution is -2.36. The van der Waals surface area contributed by atoms with Gasteiger partial charge >= 0.3 is 5.69 Å². The Morgan fingerprint density at radius 1 is 1.00 bits per heavy atom. The fourth-order valence-electron chi connectivity index (χ4n) is 5.03. The van der Waals surface area contributed by atoms with Gasteiger partial charge in [-0.25, -0.2) is 17.5 Å². The van der Waals surface area contributed by atoms with Crippen molar-refractivity contribution in [3.05, 3.63) is 64.1 Å². The van der Waals surface area contributed by atoms with Crippen molar-refractivity contribution in [3.63, 3.8) is 0 Å². The van der Waals surface area contributed by atoms with Crippen molar-refractivity contribution in [2.24, 2.45) is 0 Å². The van der Waals surface area contributed by atoms with Crippen LogP contribution >= 0.6 is 0 Å². The Bertz CT molecular complexity index is 1340. The van der Waals surface area contributed by atoms with Crippen LogP contribution in [0.4, 0.5) is 0 Å². The summed E-state index contributed by atoms with van der Waals surface area (Å²) in [6.07, 6.45) is 4.39. The van der Waals surface area contributed by atoms with Gasteiger partial charge in [0.1, 0.15) is 0 Å². The predicted octanol–water partition coefficient (Wildman–Crippen LogP) is 3.18. The number of aromatic nitrogens is 2. The second kappa shape index (κ2) is 7.86. The summed E-state index contributed by atoms with van der Waals surface area (Å²) in [4.78, 5) is 16.1. The maximum atomic E-state index is 13.4. The lowest BCUT2D eigenvalue weighted by atomic mass is 10.1. The van der Waals surface area contributed by atoms with E-state index in [0.29, 0.717) is 30.8 Å². The van der Waals surface area contributed by atoms with E-state index in [1.165, 1.54) is 29.5 Å². The third kappa shape index (κ3) is 3.41. The molecule has 0 aliphatic heterocycles. The first kappa shape index (κ1) is 21.4. The third-order valence-electron chi connectivity index (χ3n) is 6.91. The lowest BCUT2D eigenvalue weighted by Gasteiger charge is -2.30. The Kier molecular flexibility index (Phi) is 5.27. The van der Waals surface area contributed by atoms with Gasteiger partial charge in [0.25, 0.3) is 0 Å². The minimum atomic E-state index is -3.59. The highest BCUT2D eigenvalue weighted by Crippen LogP contribution is 2.42. The molecule has 0 spiro atoms. The number of rotatable bonds is 7. The number of benzene rings is 2. The van der Waals surface area contributed by atoms with E-state index in [2.05, 4.69) is 29.2 Å². The molecule has 5 rings (SSSR count).